The summed E-state index contributed by atoms with van der Waals surface area (Å²) in [5, 5.41) is 2.03. The van der Waals surface area contributed by atoms with Crippen LogP contribution in [0.4, 0.5) is 4.39 Å². The molecule has 2 rings (SSSR count). The molecule has 0 saturated carbocycles. The van der Waals surface area contributed by atoms with Crippen LogP contribution in [0.5, 0.6) is 0 Å². The summed E-state index contributed by atoms with van der Waals surface area (Å²) >= 11 is 1.68. The first-order valence-corrected chi connectivity index (χ1v) is 7.49. The minimum absolute atomic E-state index is 0.0465. The van der Waals surface area contributed by atoms with Gasteiger partial charge in [0.15, 0.2) is 5.78 Å². The van der Waals surface area contributed by atoms with E-state index in [9.17, 15) is 9.18 Å². The van der Waals surface area contributed by atoms with Gasteiger partial charge in [0.05, 0.1) is 6.54 Å². The predicted molar refractivity (Wildman–Crippen MR) is 80.6 cm³/mol. The van der Waals surface area contributed by atoms with E-state index in [2.05, 4.69) is 24.8 Å². The molecule has 0 aliphatic rings. The Morgan fingerprint density at radius 3 is 2.70 bits per heavy atom. The van der Waals surface area contributed by atoms with Gasteiger partial charge < -0.3 is 0 Å². The summed E-state index contributed by atoms with van der Waals surface area (Å²) in [5.74, 6) is -0.417. The molecule has 0 saturated heterocycles. The van der Waals surface area contributed by atoms with Crippen molar-refractivity contribution in [3.8, 4) is 0 Å². The monoisotopic (exact) mass is 291 g/mol. The van der Waals surface area contributed by atoms with Crippen LogP contribution in [0.15, 0.2) is 41.8 Å². The van der Waals surface area contributed by atoms with Gasteiger partial charge in [0, 0.05) is 23.0 Å². The van der Waals surface area contributed by atoms with Crippen LogP contribution < -0.4 is 0 Å². The number of thiophene rings is 1. The Morgan fingerprint density at radius 1 is 1.30 bits per heavy atom. The summed E-state index contributed by atoms with van der Waals surface area (Å²) in [4.78, 5) is 15.6. The Bertz CT molecular complexity index is 566. The van der Waals surface area contributed by atoms with Gasteiger partial charge >= 0.3 is 0 Å². The van der Waals surface area contributed by atoms with Crippen molar-refractivity contribution in [3.63, 3.8) is 0 Å². The first-order valence-electron chi connectivity index (χ1n) is 6.61. The Labute approximate surface area is 122 Å². The molecule has 0 N–H and O–H groups in total. The molecule has 0 amide bonds. The SMILES string of the molecule is CC(C)N(CC(=O)c1cccc(F)c1)Cc1cccs1. The molecule has 0 spiro atoms. The van der Waals surface area contributed by atoms with E-state index in [0.29, 0.717) is 12.1 Å². The second kappa shape index (κ2) is 6.77. The molecule has 0 bridgehead atoms. The van der Waals surface area contributed by atoms with Crippen molar-refractivity contribution in [1.82, 2.24) is 4.90 Å². The van der Waals surface area contributed by atoms with Crippen molar-refractivity contribution in [1.29, 1.82) is 0 Å². The smallest absolute Gasteiger partial charge is 0.176 e. The van der Waals surface area contributed by atoms with Gasteiger partial charge in [-0.15, -0.1) is 11.3 Å². The fourth-order valence-electron chi connectivity index (χ4n) is 1.96. The van der Waals surface area contributed by atoms with Crippen molar-refractivity contribution in [2.45, 2.75) is 26.4 Å². The molecule has 1 aromatic heterocycles. The van der Waals surface area contributed by atoms with E-state index in [-0.39, 0.29) is 17.6 Å². The zero-order valence-corrected chi connectivity index (χ0v) is 12.5. The van der Waals surface area contributed by atoms with E-state index in [0.717, 1.165) is 6.54 Å². The van der Waals surface area contributed by atoms with Crippen LogP contribution in [0, 0.1) is 5.82 Å². The standard InChI is InChI=1S/C16H18FNOS/c1-12(2)18(10-15-7-4-8-20-15)11-16(19)13-5-3-6-14(17)9-13/h3-9,12H,10-11H2,1-2H3. The number of hydrogen-bond donors (Lipinski definition) is 0. The van der Waals surface area contributed by atoms with Crippen LogP contribution in [0.1, 0.15) is 29.1 Å². The molecule has 2 aromatic rings. The zero-order valence-electron chi connectivity index (χ0n) is 11.7. The summed E-state index contributed by atoms with van der Waals surface area (Å²) < 4.78 is 13.2. The quantitative estimate of drug-likeness (QED) is 0.750. The number of halogens is 1. The molecule has 2 nitrogen and oxygen atoms in total. The molecule has 0 unspecified atom stereocenters. The number of nitrogens with zero attached hydrogens (tertiary/aromatic N) is 1. The summed E-state index contributed by atoms with van der Waals surface area (Å²) in [7, 11) is 0. The first-order chi connectivity index (χ1) is 9.56. The summed E-state index contributed by atoms with van der Waals surface area (Å²) in [6.07, 6.45) is 0. The highest BCUT2D eigenvalue weighted by Crippen LogP contribution is 2.15. The van der Waals surface area contributed by atoms with Gasteiger partial charge in [-0.1, -0.05) is 18.2 Å². The molecular weight excluding hydrogens is 273 g/mol. The zero-order chi connectivity index (χ0) is 14.5. The van der Waals surface area contributed by atoms with Gasteiger partial charge in [-0.3, -0.25) is 9.69 Å². The van der Waals surface area contributed by atoms with E-state index in [4.69, 9.17) is 0 Å². The highest BCUT2D eigenvalue weighted by molar-refractivity contribution is 7.09. The molecule has 20 heavy (non-hydrogen) atoms. The molecule has 1 heterocycles. The van der Waals surface area contributed by atoms with Crippen molar-refractivity contribution >= 4 is 17.1 Å². The van der Waals surface area contributed by atoms with Gasteiger partial charge in [-0.25, -0.2) is 4.39 Å². The lowest BCUT2D eigenvalue weighted by molar-refractivity contribution is 0.0899. The molecule has 0 aliphatic carbocycles. The topological polar surface area (TPSA) is 20.3 Å². The minimum Gasteiger partial charge on any atom is -0.293 e. The van der Waals surface area contributed by atoms with Gasteiger partial charge in [0.2, 0.25) is 0 Å². The number of benzene rings is 1. The second-order valence-electron chi connectivity index (χ2n) is 5.01. The number of rotatable bonds is 6. The van der Waals surface area contributed by atoms with Crippen LogP contribution in [0.25, 0.3) is 0 Å². The Morgan fingerprint density at radius 2 is 2.10 bits per heavy atom. The van der Waals surface area contributed by atoms with E-state index in [1.54, 1.807) is 23.5 Å². The first kappa shape index (κ1) is 14.9. The van der Waals surface area contributed by atoms with Crippen LogP contribution in [0.3, 0.4) is 0 Å². The lowest BCUT2D eigenvalue weighted by atomic mass is 10.1. The maximum Gasteiger partial charge on any atom is 0.176 e. The number of carbonyl (C=O) groups is 1. The van der Waals surface area contributed by atoms with Crippen LogP contribution in [-0.2, 0) is 6.54 Å². The van der Waals surface area contributed by atoms with E-state index < -0.39 is 0 Å². The Kier molecular flexibility index (Phi) is 5.04. The molecule has 1 aromatic carbocycles. The fraction of sp³-hybridized carbons (Fsp3) is 0.312. The molecule has 0 fully saturated rings. The minimum atomic E-state index is -0.370. The highest BCUT2D eigenvalue weighted by atomic mass is 32.1. The van der Waals surface area contributed by atoms with E-state index in [1.807, 2.05) is 11.4 Å². The molecule has 0 aliphatic heterocycles. The third-order valence-corrected chi connectivity index (χ3v) is 4.02. The number of hydrogen-bond acceptors (Lipinski definition) is 3. The second-order valence-corrected chi connectivity index (χ2v) is 6.04. The van der Waals surface area contributed by atoms with Gasteiger partial charge in [-0.05, 0) is 37.4 Å². The third kappa shape index (κ3) is 3.99. The molecule has 4 heteroatoms. The lowest BCUT2D eigenvalue weighted by Crippen LogP contribution is -2.35. The van der Waals surface area contributed by atoms with Crippen molar-refractivity contribution < 1.29 is 9.18 Å². The fourth-order valence-corrected chi connectivity index (χ4v) is 2.69. The van der Waals surface area contributed by atoms with Gasteiger partial charge in [-0.2, -0.15) is 0 Å². The van der Waals surface area contributed by atoms with Crippen LogP contribution in [0.2, 0.25) is 0 Å². The summed E-state index contributed by atoms with van der Waals surface area (Å²) in [6.45, 7) is 5.17. The molecule has 0 radical (unpaired) electrons. The average Bonchev–Trinajstić information content (AvgIpc) is 2.90. The van der Waals surface area contributed by atoms with E-state index >= 15 is 0 Å². The normalized spacial score (nSPS) is 11.2. The average molecular weight is 291 g/mol. The lowest BCUT2D eigenvalue weighted by Gasteiger charge is -2.25. The maximum absolute atomic E-state index is 13.2. The molecule has 106 valence electrons. The summed E-state index contributed by atoms with van der Waals surface area (Å²) in [5.41, 5.74) is 0.432. The van der Waals surface area contributed by atoms with Gasteiger partial charge in [0.25, 0.3) is 0 Å². The summed E-state index contributed by atoms with van der Waals surface area (Å²) in [6, 6.07) is 10.2. The number of carbonyl (C=O) groups excluding carboxylic acids is 1. The van der Waals surface area contributed by atoms with Crippen molar-refractivity contribution in [3.05, 3.63) is 58.0 Å². The molecular formula is C16H18FNOS. The Hall–Kier alpha value is -1.52. The van der Waals surface area contributed by atoms with Crippen LogP contribution in [-0.4, -0.2) is 23.3 Å². The largest absolute Gasteiger partial charge is 0.293 e. The third-order valence-electron chi connectivity index (χ3n) is 3.16. The van der Waals surface area contributed by atoms with Crippen LogP contribution >= 0.6 is 11.3 Å². The predicted octanol–water partition coefficient (Wildman–Crippen LogP) is 3.98. The van der Waals surface area contributed by atoms with Crippen molar-refractivity contribution in [2.75, 3.05) is 6.54 Å². The van der Waals surface area contributed by atoms with Crippen molar-refractivity contribution in [2.24, 2.45) is 0 Å². The number of Topliss-reactive ketones (excluding diaryl/α,β-unsaturated/α-hetero) is 1. The van der Waals surface area contributed by atoms with Gasteiger partial charge in [0.1, 0.15) is 5.82 Å². The Balaban J connectivity index is 2.06. The van der Waals surface area contributed by atoms with E-state index in [1.165, 1.54) is 17.0 Å². The maximum atomic E-state index is 13.2. The highest BCUT2D eigenvalue weighted by Gasteiger charge is 2.16. The number of ketones is 1. The molecule has 0 atom stereocenters.